The number of para-hydroxylation sites is 1. The van der Waals surface area contributed by atoms with Gasteiger partial charge in [-0.05, 0) is 29.8 Å². The number of aromatic nitrogens is 2. The molecule has 2 atom stereocenters. The Labute approximate surface area is 174 Å². The summed E-state index contributed by atoms with van der Waals surface area (Å²) in [6, 6.07) is 13.0. The van der Waals surface area contributed by atoms with Crippen molar-refractivity contribution in [2.75, 3.05) is 13.2 Å². The summed E-state index contributed by atoms with van der Waals surface area (Å²) in [5.74, 6) is 0.917. The molecule has 0 amide bonds. The third-order valence-corrected chi connectivity index (χ3v) is 4.44. The smallest absolute Gasteiger partial charge is 0.138 e. The van der Waals surface area contributed by atoms with Gasteiger partial charge < -0.3 is 19.7 Å². The summed E-state index contributed by atoms with van der Waals surface area (Å²) in [6.07, 6.45) is 2.72. The molecule has 0 aliphatic carbocycles. The highest BCUT2D eigenvalue weighted by Crippen LogP contribution is 2.24. The molecular formula is C20H22Cl2FN3O2. The lowest BCUT2D eigenvalue weighted by molar-refractivity contribution is 0.104. The summed E-state index contributed by atoms with van der Waals surface area (Å²) in [4.78, 5) is 4.35. The van der Waals surface area contributed by atoms with Crippen molar-refractivity contribution in [1.29, 1.82) is 0 Å². The molecule has 0 saturated heterocycles. The minimum Gasteiger partial charge on any atom is -0.489 e. The van der Waals surface area contributed by atoms with Crippen molar-refractivity contribution in [3.8, 4) is 5.75 Å². The van der Waals surface area contributed by atoms with E-state index in [2.05, 4.69) is 10.3 Å². The second kappa shape index (κ2) is 10.4. The van der Waals surface area contributed by atoms with Gasteiger partial charge in [-0.3, -0.25) is 0 Å². The molecule has 0 aliphatic rings. The average Bonchev–Trinajstić information content (AvgIpc) is 3.07. The average molecular weight is 426 g/mol. The third-order valence-electron chi connectivity index (χ3n) is 4.12. The number of imidazole rings is 1. The van der Waals surface area contributed by atoms with Crippen LogP contribution in [-0.2, 0) is 7.05 Å². The van der Waals surface area contributed by atoms with Crippen LogP contribution in [-0.4, -0.2) is 33.9 Å². The summed E-state index contributed by atoms with van der Waals surface area (Å²) in [5.41, 5.74) is 0.725. The van der Waals surface area contributed by atoms with Crippen LogP contribution in [0.3, 0.4) is 0 Å². The van der Waals surface area contributed by atoms with Crippen LogP contribution in [0.5, 0.6) is 5.75 Å². The van der Waals surface area contributed by atoms with Gasteiger partial charge in [-0.2, -0.15) is 0 Å². The van der Waals surface area contributed by atoms with Crippen molar-refractivity contribution in [2.24, 2.45) is 7.05 Å². The van der Waals surface area contributed by atoms with Gasteiger partial charge in [0.05, 0.1) is 11.1 Å². The summed E-state index contributed by atoms with van der Waals surface area (Å²) in [5, 5.41) is 14.0. The van der Waals surface area contributed by atoms with Crippen molar-refractivity contribution in [2.45, 2.75) is 12.1 Å². The van der Waals surface area contributed by atoms with Crippen molar-refractivity contribution in [3.63, 3.8) is 0 Å². The van der Waals surface area contributed by atoms with Gasteiger partial charge >= 0.3 is 0 Å². The van der Waals surface area contributed by atoms with E-state index in [-0.39, 0.29) is 37.4 Å². The monoisotopic (exact) mass is 425 g/mol. The fraction of sp³-hybridized carbons (Fsp3) is 0.250. The fourth-order valence-electron chi connectivity index (χ4n) is 2.76. The topological polar surface area (TPSA) is 59.3 Å². The molecule has 8 heteroatoms. The minimum atomic E-state index is -0.780. The maximum Gasteiger partial charge on any atom is 0.138 e. The number of nitrogens with zero attached hydrogens (tertiary/aromatic N) is 2. The van der Waals surface area contributed by atoms with Gasteiger partial charge in [0.15, 0.2) is 0 Å². The summed E-state index contributed by atoms with van der Waals surface area (Å²) < 4.78 is 21.1. The Kier molecular flexibility index (Phi) is 8.26. The molecule has 3 aromatic rings. The first-order valence-electron chi connectivity index (χ1n) is 8.56. The third kappa shape index (κ3) is 5.69. The van der Waals surface area contributed by atoms with E-state index in [9.17, 15) is 9.50 Å². The number of aliphatic hydroxyl groups excluding tert-OH is 1. The van der Waals surface area contributed by atoms with Crippen LogP contribution < -0.4 is 10.1 Å². The van der Waals surface area contributed by atoms with Gasteiger partial charge in [0, 0.05) is 26.0 Å². The van der Waals surface area contributed by atoms with Crippen LogP contribution in [0.15, 0.2) is 60.9 Å². The van der Waals surface area contributed by atoms with Crippen molar-refractivity contribution < 1.29 is 14.2 Å². The molecule has 0 spiro atoms. The normalized spacial score (nSPS) is 12.9. The number of aliphatic hydroxyl groups is 1. The van der Waals surface area contributed by atoms with E-state index in [1.54, 1.807) is 24.4 Å². The Balaban J connectivity index is 0.00000280. The van der Waals surface area contributed by atoms with Crippen LogP contribution in [0.4, 0.5) is 4.39 Å². The van der Waals surface area contributed by atoms with Crippen molar-refractivity contribution in [3.05, 3.63) is 83.2 Å². The zero-order chi connectivity index (χ0) is 19.2. The summed E-state index contributed by atoms with van der Waals surface area (Å²) >= 11 is 6.05. The van der Waals surface area contributed by atoms with Gasteiger partial charge in [-0.15, -0.1) is 12.4 Å². The SMILES string of the molecule is Cl.Cn1ccnc1C(NCC(O)COc1ccccc1Cl)c1cccc(F)c1. The Morgan fingerprint density at radius 2 is 2.04 bits per heavy atom. The number of benzene rings is 2. The van der Waals surface area contributed by atoms with Crippen LogP contribution in [0.2, 0.25) is 5.02 Å². The Morgan fingerprint density at radius 1 is 1.25 bits per heavy atom. The van der Waals surface area contributed by atoms with Gasteiger partial charge in [0.2, 0.25) is 0 Å². The molecule has 3 rings (SSSR count). The molecular weight excluding hydrogens is 404 g/mol. The molecule has 0 bridgehead atoms. The van der Waals surface area contributed by atoms with Crippen LogP contribution in [0.1, 0.15) is 17.4 Å². The molecule has 0 fully saturated rings. The van der Waals surface area contributed by atoms with Gasteiger partial charge in [0.1, 0.15) is 30.1 Å². The predicted octanol–water partition coefficient (Wildman–Crippen LogP) is 3.75. The summed E-state index contributed by atoms with van der Waals surface area (Å²) in [6.45, 7) is 0.311. The standard InChI is InChI=1S/C20H21ClFN3O2.ClH/c1-25-10-9-23-20(25)19(14-5-4-6-15(22)11-14)24-12-16(26)13-27-18-8-3-2-7-17(18)21;/h2-11,16,19,24,26H,12-13H2,1H3;1H. The Morgan fingerprint density at radius 3 is 2.71 bits per heavy atom. The first kappa shape index (κ1) is 22.2. The van der Waals surface area contributed by atoms with Crippen LogP contribution in [0, 0.1) is 5.82 Å². The molecule has 150 valence electrons. The van der Waals surface area contributed by atoms with E-state index < -0.39 is 6.10 Å². The lowest BCUT2D eigenvalue weighted by atomic mass is 10.1. The lowest BCUT2D eigenvalue weighted by Crippen LogP contribution is -2.35. The lowest BCUT2D eigenvalue weighted by Gasteiger charge is -2.21. The van der Waals surface area contributed by atoms with Crippen molar-refractivity contribution in [1.82, 2.24) is 14.9 Å². The first-order valence-corrected chi connectivity index (χ1v) is 8.94. The largest absolute Gasteiger partial charge is 0.489 e. The first-order chi connectivity index (χ1) is 13.0. The molecule has 1 heterocycles. The van der Waals surface area contributed by atoms with Crippen molar-refractivity contribution >= 4 is 24.0 Å². The van der Waals surface area contributed by atoms with E-state index in [0.717, 1.165) is 11.4 Å². The second-order valence-electron chi connectivity index (χ2n) is 6.19. The van der Waals surface area contributed by atoms with Gasteiger partial charge in [-0.25, -0.2) is 9.37 Å². The van der Waals surface area contributed by atoms with E-state index >= 15 is 0 Å². The number of hydrogen-bond acceptors (Lipinski definition) is 4. The number of hydrogen-bond donors (Lipinski definition) is 2. The maximum absolute atomic E-state index is 13.7. The second-order valence-corrected chi connectivity index (χ2v) is 6.60. The quantitative estimate of drug-likeness (QED) is 0.576. The minimum absolute atomic E-state index is 0. The molecule has 0 aliphatic heterocycles. The maximum atomic E-state index is 13.7. The molecule has 5 nitrogen and oxygen atoms in total. The number of rotatable bonds is 8. The Bertz CT molecular complexity index is 891. The molecule has 2 N–H and O–H groups in total. The number of halogens is 3. The predicted molar refractivity (Wildman–Crippen MR) is 110 cm³/mol. The summed E-state index contributed by atoms with van der Waals surface area (Å²) in [7, 11) is 1.87. The fourth-order valence-corrected chi connectivity index (χ4v) is 2.95. The highest BCUT2D eigenvalue weighted by Gasteiger charge is 2.20. The molecule has 2 aromatic carbocycles. The highest BCUT2D eigenvalue weighted by atomic mass is 35.5. The Hall–Kier alpha value is -2.12. The molecule has 2 unspecified atom stereocenters. The van der Waals surface area contributed by atoms with E-state index in [1.807, 2.05) is 36.0 Å². The van der Waals surface area contributed by atoms with Gasteiger partial charge in [0.25, 0.3) is 0 Å². The van der Waals surface area contributed by atoms with E-state index in [1.165, 1.54) is 12.1 Å². The van der Waals surface area contributed by atoms with Gasteiger partial charge in [-0.1, -0.05) is 35.9 Å². The van der Waals surface area contributed by atoms with Crippen LogP contribution in [0.25, 0.3) is 0 Å². The number of aryl methyl sites for hydroxylation is 1. The molecule has 0 saturated carbocycles. The number of ether oxygens (including phenoxy) is 1. The number of nitrogens with one attached hydrogen (secondary N) is 1. The van der Waals surface area contributed by atoms with E-state index in [0.29, 0.717) is 10.8 Å². The van der Waals surface area contributed by atoms with E-state index in [4.69, 9.17) is 16.3 Å². The zero-order valence-electron chi connectivity index (χ0n) is 15.3. The molecule has 1 aromatic heterocycles. The van der Waals surface area contributed by atoms with Crippen LogP contribution >= 0.6 is 24.0 Å². The zero-order valence-corrected chi connectivity index (χ0v) is 16.8. The molecule has 28 heavy (non-hydrogen) atoms. The highest BCUT2D eigenvalue weighted by molar-refractivity contribution is 6.32. The molecule has 0 radical (unpaired) electrons.